The minimum Gasteiger partial charge on any atom is -0.492 e. The summed E-state index contributed by atoms with van der Waals surface area (Å²) < 4.78 is 5.91. The van der Waals surface area contributed by atoms with Crippen LogP contribution >= 0.6 is 0 Å². The summed E-state index contributed by atoms with van der Waals surface area (Å²) in [7, 11) is 4.12. The Morgan fingerprint density at radius 2 is 1.44 bits per heavy atom. The lowest BCUT2D eigenvalue weighted by molar-refractivity contribution is 0.261. The zero-order valence-corrected chi connectivity index (χ0v) is 20.2. The fourth-order valence-corrected chi connectivity index (χ4v) is 3.97. The first kappa shape index (κ1) is 23.8. The van der Waals surface area contributed by atoms with E-state index in [4.69, 9.17) is 4.74 Å². The lowest BCUT2D eigenvalue weighted by Crippen LogP contribution is -2.19. The fraction of sp³-hybridized carbons (Fsp3) is 0.333. The lowest BCUT2D eigenvalue weighted by Gasteiger charge is -2.17. The minimum absolute atomic E-state index is 0.664. The number of likely N-dealkylation sites (N-methyl/N-ethyl adjacent to an activating group) is 1. The van der Waals surface area contributed by atoms with E-state index in [1.807, 2.05) is 12.1 Å². The largest absolute Gasteiger partial charge is 0.492 e. The van der Waals surface area contributed by atoms with E-state index in [1.165, 1.54) is 33.4 Å². The Kier molecular flexibility index (Phi) is 8.70. The molecule has 2 nitrogen and oxygen atoms in total. The summed E-state index contributed by atoms with van der Waals surface area (Å²) in [4.78, 5) is 2.13. The van der Waals surface area contributed by atoms with E-state index < -0.39 is 0 Å². The van der Waals surface area contributed by atoms with E-state index >= 15 is 0 Å². The molecule has 0 saturated carbocycles. The summed E-state index contributed by atoms with van der Waals surface area (Å²) in [5.41, 5.74) is 7.74. The zero-order chi connectivity index (χ0) is 22.9. The van der Waals surface area contributed by atoms with E-state index in [0.717, 1.165) is 25.1 Å². The molecule has 3 aromatic carbocycles. The number of ether oxygens (including phenoxy) is 1. The molecule has 0 aromatic heterocycles. The Bertz CT molecular complexity index is 983. The molecule has 2 heteroatoms. The van der Waals surface area contributed by atoms with Gasteiger partial charge in [-0.15, -0.1) is 0 Å². The van der Waals surface area contributed by atoms with Gasteiger partial charge < -0.3 is 9.64 Å². The van der Waals surface area contributed by atoms with Gasteiger partial charge in [0.25, 0.3) is 0 Å². The van der Waals surface area contributed by atoms with E-state index in [9.17, 15) is 0 Å². The standard InChI is InChI=1S/C30H36NO/c1-6-29(25-14-12-24(13-15-25)22-23(2)3)30(26-10-8-7-9-11-26)27-16-18-28(19-17-27)32-21-20-31(4)5/h8-19,23H,6,20-22H2,1-5H3. The molecular formula is C30H36NO. The average molecular weight is 427 g/mol. The van der Waals surface area contributed by atoms with Crippen LogP contribution in [-0.4, -0.2) is 32.1 Å². The van der Waals surface area contributed by atoms with Crippen LogP contribution in [-0.2, 0) is 6.42 Å². The van der Waals surface area contributed by atoms with Gasteiger partial charge in [-0.2, -0.15) is 0 Å². The second kappa shape index (κ2) is 11.7. The van der Waals surface area contributed by atoms with Gasteiger partial charge >= 0.3 is 0 Å². The summed E-state index contributed by atoms with van der Waals surface area (Å²) >= 11 is 0. The number of hydrogen-bond acceptors (Lipinski definition) is 2. The van der Waals surface area contributed by atoms with Crippen LogP contribution in [0.15, 0.2) is 72.8 Å². The molecule has 3 rings (SSSR count). The number of allylic oxidation sites excluding steroid dienone is 1. The van der Waals surface area contributed by atoms with Crippen molar-refractivity contribution in [2.75, 3.05) is 27.2 Å². The molecule has 3 aromatic rings. The van der Waals surface area contributed by atoms with Gasteiger partial charge in [-0.3, -0.25) is 0 Å². The number of hydrogen-bond donors (Lipinski definition) is 0. The average Bonchev–Trinajstić information content (AvgIpc) is 2.79. The SMILES string of the molecule is CCC(=C(c1cc[c]cc1)c1ccc(OCCN(C)C)cc1)c1ccc(CC(C)C)cc1. The second-order valence-electron chi connectivity index (χ2n) is 8.97. The predicted octanol–water partition coefficient (Wildman–Crippen LogP) is 6.99. The van der Waals surface area contributed by atoms with Crippen LogP contribution in [0.4, 0.5) is 0 Å². The van der Waals surface area contributed by atoms with Crippen molar-refractivity contribution in [2.45, 2.75) is 33.6 Å². The first-order valence-electron chi connectivity index (χ1n) is 11.6. The molecule has 0 aliphatic rings. The first-order chi connectivity index (χ1) is 15.5. The Labute approximate surface area is 194 Å². The Hall–Kier alpha value is -2.84. The Morgan fingerprint density at radius 3 is 2.00 bits per heavy atom. The maximum absolute atomic E-state index is 5.91. The van der Waals surface area contributed by atoms with Crippen LogP contribution in [0.5, 0.6) is 5.75 Å². The summed E-state index contributed by atoms with van der Waals surface area (Å²) in [5.74, 6) is 1.57. The number of rotatable bonds is 10. The van der Waals surface area contributed by atoms with Crippen molar-refractivity contribution >= 4 is 11.1 Å². The van der Waals surface area contributed by atoms with Crippen molar-refractivity contribution in [2.24, 2.45) is 5.92 Å². The van der Waals surface area contributed by atoms with Crippen LogP contribution < -0.4 is 4.74 Å². The molecule has 0 bridgehead atoms. The topological polar surface area (TPSA) is 12.5 Å². The molecule has 0 amide bonds. The van der Waals surface area contributed by atoms with Gasteiger partial charge in [-0.05, 0) is 84.5 Å². The third kappa shape index (κ3) is 6.58. The quantitative estimate of drug-likeness (QED) is 0.324. The third-order valence-electron chi connectivity index (χ3n) is 5.56. The van der Waals surface area contributed by atoms with Crippen molar-refractivity contribution in [3.05, 3.63) is 101 Å². The molecule has 0 fully saturated rings. The van der Waals surface area contributed by atoms with Crippen molar-refractivity contribution in [3.63, 3.8) is 0 Å². The minimum atomic E-state index is 0.664. The van der Waals surface area contributed by atoms with Crippen LogP contribution in [0.2, 0.25) is 0 Å². The molecule has 167 valence electrons. The normalized spacial score (nSPS) is 12.2. The highest BCUT2D eigenvalue weighted by Gasteiger charge is 2.13. The van der Waals surface area contributed by atoms with E-state index in [1.54, 1.807) is 0 Å². The molecule has 0 unspecified atom stereocenters. The molecule has 0 aliphatic heterocycles. The Morgan fingerprint density at radius 1 is 0.844 bits per heavy atom. The third-order valence-corrected chi connectivity index (χ3v) is 5.56. The summed E-state index contributed by atoms with van der Waals surface area (Å²) in [6.45, 7) is 8.37. The first-order valence-corrected chi connectivity index (χ1v) is 11.6. The molecule has 0 heterocycles. The second-order valence-corrected chi connectivity index (χ2v) is 8.97. The lowest BCUT2D eigenvalue weighted by atomic mass is 9.87. The smallest absolute Gasteiger partial charge is 0.119 e. The van der Waals surface area contributed by atoms with Crippen LogP contribution in [0.25, 0.3) is 11.1 Å². The molecule has 1 radical (unpaired) electrons. The van der Waals surface area contributed by atoms with Crippen LogP contribution in [0.1, 0.15) is 49.4 Å². The van der Waals surface area contributed by atoms with E-state index in [-0.39, 0.29) is 0 Å². The van der Waals surface area contributed by atoms with Gasteiger partial charge in [-0.25, -0.2) is 0 Å². The van der Waals surface area contributed by atoms with Crippen molar-refractivity contribution in [1.82, 2.24) is 4.90 Å². The van der Waals surface area contributed by atoms with Gasteiger partial charge in [0, 0.05) is 6.54 Å². The van der Waals surface area contributed by atoms with Gasteiger partial charge in [-0.1, -0.05) is 81.4 Å². The summed E-state index contributed by atoms with van der Waals surface area (Å²) in [5, 5.41) is 0. The van der Waals surface area contributed by atoms with Crippen LogP contribution in [0, 0.1) is 12.0 Å². The molecule has 0 saturated heterocycles. The molecule has 0 N–H and O–H groups in total. The number of nitrogens with zero attached hydrogens (tertiary/aromatic N) is 1. The fourth-order valence-electron chi connectivity index (χ4n) is 3.97. The van der Waals surface area contributed by atoms with E-state index in [0.29, 0.717) is 12.5 Å². The van der Waals surface area contributed by atoms with Crippen molar-refractivity contribution in [1.29, 1.82) is 0 Å². The highest BCUT2D eigenvalue weighted by Crippen LogP contribution is 2.35. The van der Waals surface area contributed by atoms with Crippen molar-refractivity contribution < 1.29 is 4.74 Å². The predicted molar refractivity (Wildman–Crippen MR) is 137 cm³/mol. The molecule has 32 heavy (non-hydrogen) atoms. The maximum Gasteiger partial charge on any atom is 0.119 e. The Balaban J connectivity index is 1.99. The molecular weight excluding hydrogens is 390 g/mol. The number of benzene rings is 3. The maximum atomic E-state index is 5.91. The van der Waals surface area contributed by atoms with Gasteiger partial charge in [0.2, 0.25) is 0 Å². The van der Waals surface area contributed by atoms with E-state index in [2.05, 4.69) is 106 Å². The molecule has 0 atom stereocenters. The van der Waals surface area contributed by atoms with Gasteiger partial charge in [0.05, 0.1) is 0 Å². The molecule has 0 aliphatic carbocycles. The van der Waals surface area contributed by atoms with Gasteiger partial charge in [0.15, 0.2) is 0 Å². The summed E-state index contributed by atoms with van der Waals surface area (Å²) in [6, 6.07) is 29.1. The zero-order valence-electron chi connectivity index (χ0n) is 20.2. The summed E-state index contributed by atoms with van der Waals surface area (Å²) in [6.07, 6.45) is 2.07. The highest BCUT2D eigenvalue weighted by molar-refractivity contribution is 5.98. The van der Waals surface area contributed by atoms with Gasteiger partial charge in [0.1, 0.15) is 12.4 Å². The highest BCUT2D eigenvalue weighted by atomic mass is 16.5. The van der Waals surface area contributed by atoms with Crippen molar-refractivity contribution in [3.8, 4) is 5.75 Å². The monoisotopic (exact) mass is 426 g/mol. The molecule has 0 spiro atoms. The van der Waals surface area contributed by atoms with Crippen LogP contribution in [0.3, 0.4) is 0 Å².